The van der Waals surface area contributed by atoms with Crippen LogP contribution in [0.2, 0.25) is 0 Å². The molecule has 2 amide bonds. The van der Waals surface area contributed by atoms with Crippen LogP contribution in [0.4, 0.5) is 0 Å². The van der Waals surface area contributed by atoms with Gasteiger partial charge in [0.25, 0.3) is 5.91 Å². The first-order valence-electron chi connectivity index (χ1n) is 13.8. The maximum absolute atomic E-state index is 13.5. The van der Waals surface area contributed by atoms with E-state index in [1.165, 1.54) is 19.3 Å². The predicted molar refractivity (Wildman–Crippen MR) is 148 cm³/mol. The first kappa shape index (κ1) is 30.0. The Labute approximate surface area is 230 Å². The van der Waals surface area contributed by atoms with E-state index in [2.05, 4.69) is 29.6 Å². The minimum absolute atomic E-state index is 0.00559. The van der Waals surface area contributed by atoms with Crippen molar-refractivity contribution in [2.24, 2.45) is 11.8 Å². The van der Waals surface area contributed by atoms with Gasteiger partial charge < -0.3 is 25.2 Å². The maximum atomic E-state index is 13.5. The summed E-state index contributed by atoms with van der Waals surface area (Å²) in [5.74, 6) is 0.152. The molecule has 1 aromatic heterocycles. The van der Waals surface area contributed by atoms with Gasteiger partial charge in [-0.05, 0) is 42.9 Å². The first-order valence-corrected chi connectivity index (χ1v) is 13.8. The number of aromatic nitrogens is 2. The molecule has 0 radical (unpaired) electrons. The fourth-order valence-electron chi connectivity index (χ4n) is 5.19. The van der Waals surface area contributed by atoms with Crippen molar-refractivity contribution in [1.82, 2.24) is 20.4 Å². The summed E-state index contributed by atoms with van der Waals surface area (Å²) in [6.07, 6.45) is 7.55. The number of carbonyl (C=O) groups is 3. The molecular formula is C29H42N4O6. The van der Waals surface area contributed by atoms with E-state index in [1.54, 1.807) is 25.0 Å². The van der Waals surface area contributed by atoms with Crippen molar-refractivity contribution < 1.29 is 29.0 Å². The molecule has 1 saturated carbocycles. The number of carboxylic acids is 1. The van der Waals surface area contributed by atoms with Crippen LogP contribution >= 0.6 is 0 Å². The Balaban J connectivity index is 1.85. The number of benzene rings is 1. The summed E-state index contributed by atoms with van der Waals surface area (Å²) in [6, 6.07) is 6.79. The van der Waals surface area contributed by atoms with Gasteiger partial charge in [0.2, 0.25) is 5.91 Å². The Morgan fingerprint density at radius 2 is 1.77 bits per heavy atom. The average molecular weight is 543 g/mol. The number of ether oxygens (including phenoxy) is 2. The van der Waals surface area contributed by atoms with Crippen LogP contribution in [0.15, 0.2) is 24.3 Å². The standard InChI is InChI=1S/C29H42N4O6/c1-19(2)18-33-23(28-24(38-3)11-8-12-25(28)39-4)16-22(32-33)29(37)31-21(15-26(34)30-17-27(35)36)14-13-20-9-6-5-7-10-20/h8,11-12,16,19-21H,5-7,9-10,13-15,17-18H2,1-4H3,(H,30,34)(H,31,37)(H,35,36). The Hall–Kier alpha value is -3.56. The van der Waals surface area contributed by atoms with E-state index in [0.717, 1.165) is 19.3 Å². The van der Waals surface area contributed by atoms with Crippen LogP contribution in [-0.4, -0.2) is 59.5 Å². The Morgan fingerprint density at radius 1 is 1.10 bits per heavy atom. The molecule has 1 fully saturated rings. The van der Waals surface area contributed by atoms with Gasteiger partial charge in [0, 0.05) is 19.0 Å². The van der Waals surface area contributed by atoms with Crippen LogP contribution in [-0.2, 0) is 16.1 Å². The van der Waals surface area contributed by atoms with Gasteiger partial charge in [-0.15, -0.1) is 0 Å². The van der Waals surface area contributed by atoms with Crippen molar-refractivity contribution in [3.63, 3.8) is 0 Å². The molecule has 214 valence electrons. The monoisotopic (exact) mass is 542 g/mol. The fourth-order valence-corrected chi connectivity index (χ4v) is 5.19. The lowest BCUT2D eigenvalue weighted by Crippen LogP contribution is -2.40. The predicted octanol–water partition coefficient (Wildman–Crippen LogP) is 4.27. The molecule has 10 nitrogen and oxygen atoms in total. The zero-order valence-corrected chi connectivity index (χ0v) is 23.5. The zero-order valence-electron chi connectivity index (χ0n) is 23.5. The van der Waals surface area contributed by atoms with E-state index in [9.17, 15) is 14.4 Å². The fraction of sp³-hybridized carbons (Fsp3) is 0.586. The highest BCUT2D eigenvalue weighted by atomic mass is 16.5. The molecule has 1 unspecified atom stereocenters. The Kier molecular flexibility index (Phi) is 11.2. The summed E-state index contributed by atoms with van der Waals surface area (Å²) in [6.45, 7) is 4.27. The van der Waals surface area contributed by atoms with Crippen molar-refractivity contribution in [1.29, 1.82) is 0 Å². The molecule has 1 aliphatic rings. The van der Waals surface area contributed by atoms with Crippen LogP contribution in [0, 0.1) is 11.8 Å². The third kappa shape index (κ3) is 8.73. The van der Waals surface area contributed by atoms with Crippen LogP contribution in [0.5, 0.6) is 11.5 Å². The number of methoxy groups -OCH3 is 2. The highest BCUT2D eigenvalue weighted by Crippen LogP contribution is 2.39. The van der Waals surface area contributed by atoms with Crippen molar-refractivity contribution in [2.45, 2.75) is 77.8 Å². The molecule has 10 heteroatoms. The van der Waals surface area contributed by atoms with Gasteiger partial charge in [-0.25, -0.2) is 0 Å². The molecule has 1 heterocycles. The molecule has 3 N–H and O–H groups in total. The van der Waals surface area contributed by atoms with Gasteiger partial charge in [-0.3, -0.25) is 19.1 Å². The highest BCUT2D eigenvalue weighted by Gasteiger charge is 2.25. The zero-order chi connectivity index (χ0) is 28.4. The van der Waals surface area contributed by atoms with Gasteiger partial charge in [0.15, 0.2) is 5.69 Å². The normalized spacial score (nSPS) is 14.6. The average Bonchev–Trinajstić information content (AvgIpc) is 3.33. The minimum atomic E-state index is -1.11. The van der Waals surface area contributed by atoms with Crippen molar-refractivity contribution in [2.75, 3.05) is 20.8 Å². The molecule has 1 aromatic carbocycles. The first-order chi connectivity index (χ1) is 18.7. The summed E-state index contributed by atoms with van der Waals surface area (Å²) in [5.41, 5.74) is 1.63. The number of amides is 2. The van der Waals surface area contributed by atoms with E-state index < -0.39 is 24.5 Å². The number of hydrogen-bond acceptors (Lipinski definition) is 6. The smallest absolute Gasteiger partial charge is 0.322 e. The van der Waals surface area contributed by atoms with Gasteiger partial charge >= 0.3 is 5.97 Å². The van der Waals surface area contributed by atoms with Gasteiger partial charge in [0.1, 0.15) is 18.0 Å². The quantitative estimate of drug-likeness (QED) is 0.325. The van der Waals surface area contributed by atoms with Crippen LogP contribution in [0.25, 0.3) is 11.3 Å². The minimum Gasteiger partial charge on any atom is -0.496 e. The number of nitrogens with one attached hydrogen (secondary N) is 2. The SMILES string of the molecule is COc1cccc(OC)c1-c1cc(C(=O)NC(CCC2CCCCC2)CC(=O)NCC(=O)O)nn1CC(C)C. The van der Waals surface area contributed by atoms with Crippen molar-refractivity contribution >= 4 is 17.8 Å². The maximum Gasteiger partial charge on any atom is 0.322 e. The van der Waals surface area contributed by atoms with E-state index >= 15 is 0 Å². The summed E-state index contributed by atoms with van der Waals surface area (Å²) >= 11 is 0. The molecule has 1 aliphatic carbocycles. The second kappa shape index (κ2) is 14.6. The summed E-state index contributed by atoms with van der Waals surface area (Å²) in [5, 5.41) is 19.0. The van der Waals surface area contributed by atoms with E-state index in [1.807, 2.05) is 18.2 Å². The van der Waals surface area contributed by atoms with Crippen LogP contribution in [0.3, 0.4) is 0 Å². The molecule has 0 bridgehead atoms. The Bertz CT molecular complexity index is 1100. The topological polar surface area (TPSA) is 132 Å². The number of nitrogens with zero attached hydrogens (tertiary/aromatic N) is 2. The largest absolute Gasteiger partial charge is 0.496 e. The van der Waals surface area contributed by atoms with E-state index in [-0.39, 0.29) is 23.9 Å². The molecule has 0 spiro atoms. The number of carbonyl (C=O) groups excluding carboxylic acids is 2. The molecule has 39 heavy (non-hydrogen) atoms. The molecule has 0 aliphatic heterocycles. The summed E-state index contributed by atoms with van der Waals surface area (Å²) in [7, 11) is 3.17. The molecule has 0 saturated heterocycles. The van der Waals surface area contributed by atoms with Crippen LogP contribution < -0.4 is 20.1 Å². The summed E-state index contributed by atoms with van der Waals surface area (Å²) < 4.78 is 13.0. The molecule has 3 rings (SSSR count). The molecular weight excluding hydrogens is 500 g/mol. The number of hydrogen-bond donors (Lipinski definition) is 3. The second-order valence-corrected chi connectivity index (χ2v) is 10.7. The lowest BCUT2D eigenvalue weighted by atomic mass is 9.85. The lowest BCUT2D eigenvalue weighted by molar-refractivity contribution is -0.138. The van der Waals surface area contributed by atoms with Crippen molar-refractivity contribution in [3.8, 4) is 22.8 Å². The Morgan fingerprint density at radius 3 is 2.36 bits per heavy atom. The second-order valence-electron chi connectivity index (χ2n) is 10.7. The number of carboxylic acid groups (broad SMARTS) is 1. The van der Waals surface area contributed by atoms with Crippen LogP contribution in [0.1, 0.15) is 75.7 Å². The molecule has 2 aromatic rings. The van der Waals surface area contributed by atoms with E-state index in [0.29, 0.717) is 41.6 Å². The third-order valence-electron chi connectivity index (χ3n) is 7.09. The van der Waals surface area contributed by atoms with Crippen molar-refractivity contribution in [3.05, 3.63) is 30.0 Å². The summed E-state index contributed by atoms with van der Waals surface area (Å²) in [4.78, 5) is 36.8. The lowest BCUT2D eigenvalue weighted by Gasteiger charge is -2.24. The highest BCUT2D eigenvalue weighted by molar-refractivity contribution is 5.94. The number of rotatable bonds is 14. The van der Waals surface area contributed by atoms with Gasteiger partial charge in [-0.1, -0.05) is 52.0 Å². The van der Waals surface area contributed by atoms with E-state index in [4.69, 9.17) is 14.6 Å². The van der Waals surface area contributed by atoms with Gasteiger partial charge in [0.05, 0.1) is 25.5 Å². The third-order valence-corrected chi connectivity index (χ3v) is 7.09. The molecule has 1 atom stereocenters. The van der Waals surface area contributed by atoms with Gasteiger partial charge in [-0.2, -0.15) is 5.10 Å². The number of aliphatic carboxylic acids is 1.